The number of aliphatic carboxylic acids is 1. The number of hydrogen-bond acceptors (Lipinski definition) is 5. The molecule has 3 rings (SSSR count). The molecule has 0 bridgehead atoms. The van der Waals surface area contributed by atoms with E-state index in [1.165, 1.54) is 4.31 Å². The van der Waals surface area contributed by atoms with Crippen LogP contribution in [0.2, 0.25) is 0 Å². The lowest BCUT2D eigenvalue weighted by Gasteiger charge is -2.34. The fourth-order valence-electron chi connectivity index (χ4n) is 3.74. The lowest BCUT2D eigenvalue weighted by Crippen LogP contribution is -2.48. The third-order valence-electron chi connectivity index (χ3n) is 5.14. The van der Waals surface area contributed by atoms with Crippen molar-refractivity contribution in [2.45, 2.75) is 43.1 Å². The predicted molar refractivity (Wildman–Crippen MR) is 90.1 cm³/mol. The van der Waals surface area contributed by atoms with Crippen molar-refractivity contribution in [1.29, 1.82) is 0 Å². The van der Waals surface area contributed by atoms with Crippen LogP contribution in [0.3, 0.4) is 0 Å². The highest BCUT2D eigenvalue weighted by molar-refractivity contribution is 7.89. The first-order chi connectivity index (χ1) is 11.9. The predicted octanol–water partition coefficient (Wildman–Crippen LogP) is 1.03. The van der Waals surface area contributed by atoms with E-state index >= 15 is 0 Å². The summed E-state index contributed by atoms with van der Waals surface area (Å²) in [6, 6.07) is 3.23. The first-order valence-electron chi connectivity index (χ1n) is 8.46. The van der Waals surface area contributed by atoms with E-state index < -0.39 is 28.0 Å². The molecule has 1 heterocycles. The summed E-state index contributed by atoms with van der Waals surface area (Å²) in [4.78, 5) is 11.5. The highest BCUT2D eigenvalue weighted by Crippen LogP contribution is 2.36. The minimum Gasteiger partial charge on any atom is -0.496 e. The number of benzene rings is 1. The van der Waals surface area contributed by atoms with Crippen molar-refractivity contribution in [3.05, 3.63) is 23.3 Å². The summed E-state index contributed by atoms with van der Waals surface area (Å²) in [7, 11) is -2.24. The number of aliphatic hydroxyl groups is 1. The third-order valence-corrected chi connectivity index (χ3v) is 7.09. The molecule has 7 nitrogen and oxygen atoms in total. The average Bonchev–Trinajstić information content (AvgIpc) is 2.60. The molecule has 1 aromatic rings. The second kappa shape index (κ2) is 6.93. The van der Waals surface area contributed by atoms with Crippen molar-refractivity contribution in [1.82, 2.24) is 4.31 Å². The number of carboxylic acid groups (broad SMARTS) is 1. The van der Waals surface area contributed by atoms with Gasteiger partial charge in [-0.1, -0.05) is 0 Å². The molecule has 0 saturated carbocycles. The van der Waals surface area contributed by atoms with Crippen LogP contribution >= 0.6 is 0 Å². The van der Waals surface area contributed by atoms with Gasteiger partial charge in [-0.3, -0.25) is 4.79 Å². The Morgan fingerprint density at radius 3 is 2.56 bits per heavy atom. The highest BCUT2D eigenvalue weighted by atomic mass is 32.2. The largest absolute Gasteiger partial charge is 0.496 e. The van der Waals surface area contributed by atoms with Crippen LogP contribution in [0, 0.1) is 5.92 Å². The number of hydrogen-bond donors (Lipinski definition) is 2. The molecule has 2 aliphatic rings. The van der Waals surface area contributed by atoms with Gasteiger partial charge in [-0.25, -0.2) is 8.42 Å². The van der Waals surface area contributed by atoms with Crippen LogP contribution < -0.4 is 4.74 Å². The van der Waals surface area contributed by atoms with Crippen LogP contribution in [0.25, 0.3) is 0 Å². The zero-order valence-electron chi connectivity index (χ0n) is 14.1. The normalized spacial score (nSPS) is 24.6. The number of nitrogens with zero attached hydrogens (tertiary/aromatic N) is 1. The molecule has 25 heavy (non-hydrogen) atoms. The molecule has 2 N–H and O–H groups in total. The second-order valence-electron chi connectivity index (χ2n) is 6.59. The first kappa shape index (κ1) is 18.2. The number of rotatable bonds is 4. The summed E-state index contributed by atoms with van der Waals surface area (Å²) in [6.45, 7) is -0.0896. The molecule has 0 aromatic heterocycles. The van der Waals surface area contributed by atoms with Gasteiger partial charge in [0.25, 0.3) is 0 Å². The molecular formula is C17H23NO6S. The Morgan fingerprint density at radius 1 is 1.24 bits per heavy atom. The Kier molecular flexibility index (Phi) is 5.04. The van der Waals surface area contributed by atoms with E-state index in [1.54, 1.807) is 19.2 Å². The number of ether oxygens (including phenoxy) is 1. The minimum absolute atomic E-state index is 0.119. The molecule has 1 aliphatic heterocycles. The summed E-state index contributed by atoms with van der Waals surface area (Å²) < 4.78 is 32.8. The average molecular weight is 369 g/mol. The van der Waals surface area contributed by atoms with E-state index in [4.69, 9.17) is 4.74 Å². The van der Waals surface area contributed by atoms with Gasteiger partial charge in [0.15, 0.2) is 0 Å². The molecule has 1 aromatic carbocycles. The van der Waals surface area contributed by atoms with Gasteiger partial charge in [0.1, 0.15) is 5.75 Å². The Bertz CT molecular complexity index is 776. The lowest BCUT2D eigenvalue weighted by molar-refractivity contribution is -0.147. The molecule has 138 valence electrons. The maximum atomic E-state index is 13.1. The van der Waals surface area contributed by atoms with Crippen molar-refractivity contribution < 1.29 is 28.2 Å². The summed E-state index contributed by atoms with van der Waals surface area (Å²) in [5.74, 6) is -1.58. The van der Waals surface area contributed by atoms with Crippen LogP contribution in [0.15, 0.2) is 17.0 Å². The zero-order chi connectivity index (χ0) is 18.2. The summed E-state index contributed by atoms with van der Waals surface area (Å²) in [5.41, 5.74) is 1.71. The summed E-state index contributed by atoms with van der Waals surface area (Å²) in [6.07, 6.45) is 2.45. The third kappa shape index (κ3) is 3.26. The standard InChI is InChI=1S/C17H23NO6S/c1-24-15-6-7-16(12-5-3-2-4-11(12)15)25(22,23)18-9-8-14(19)13(10-18)17(20)21/h6-7,13-14,19H,2-5,8-10H2,1H3,(H,20,21)/t13-,14+/m1/s1. The number of sulfonamides is 1. The Balaban J connectivity index is 1.99. The maximum absolute atomic E-state index is 13.1. The van der Waals surface area contributed by atoms with Gasteiger partial charge >= 0.3 is 5.97 Å². The van der Waals surface area contributed by atoms with Gasteiger partial charge in [-0.2, -0.15) is 4.31 Å². The highest BCUT2D eigenvalue weighted by Gasteiger charge is 2.39. The van der Waals surface area contributed by atoms with Gasteiger partial charge in [0.2, 0.25) is 10.0 Å². The van der Waals surface area contributed by atoms with Gasteiger partial charge in [-0.05, 0) is 55.4 Å². The van der Waals surface area contributed by atoms with Crippen LogP contribution in [0.4, 0.5) is 0 Å². The number of methoxy groups -OCH3 is 1. The molecule has 1 saturated heterocycles. The first-order valence-corrected chi connectivity index (χ1v) is 9.90. The van der Waals surface area contributed by atoms with E-state index in [1.807, 2.05) is 0 Å². The summed E-state index contributed by atoms with van der Waals surface area (Å²) >= 11 is 0. The van der Waals surface area contributed by atoms with E-state index in [9.17, 15) is 23.4 Å². The molecule has 8 heteroatoms. The number of carboxylic acids is 1. The van der Waals surface area contributed by atoms with Gasteiger partial charge in [-0.15, -0.1) is 0 Å². The van der Waals surface area contributed by atoms with Crippen molar-refractivity contribution in [2.75, 3.05) is 20.2 Å². The van der Waals surface area contributed by atoms with Crippen molar-refractivity contribution in [3.63, 3.8) is 0 Å². The van der Waals surface area contributed by atoms with Crippen molar-refractivity contribution >= 4 is 16.0 Å². The maximum Gasteiger partial charge on any atom is 0.310 e. The van der Waals surface area contributed by atoms with Crippen LogP contribution in [-0.2, 0) is 27.7 Å². The smallest absolute Gasteiger partial charge is 0.310 e. The molecule has 2 atom stereocenters. The minimum atomic E-state index is -3.82. The van der Waals surface area contributed by atoms with Crippen molar-refractivity contribution in [2.24, 2.45) is 5.92 Å². The second-order valence-corrected chi connectivity index (χ2v) is 8.50. The molecule has 1 fully saturated rings. The molecule has 0 amide bonds. The fourth-order valence-corrected chi connectivity index (χ4v) is 5.50. The number of aliphatic hydroxyl groups excluding tert-OH is 1. The topological polar surface area (TPSA) is 104 Å². The van der Waals surface area contributed by atoms with Crippen LogP contribution in [-0.4, -0.2) is 55.2 Å². The SMILES string of the molecule is COc1ccc(S(=O)(=O)N2CC[C@H](O)[C@H](C(=O)O)C2)c2c1CCCC2. The van der Waals surface area contributed by atoms with Gasteiger partial charge in [0.05, 0.1) is 24.0 Å². The molecule has 0 spiro atoms. The van der Waals surface area contributed by atoms with Gasteiger partial charge < -0.3 is 14.9 Å². The van der Waals surface area contributed by atoms with Crippen LogP contribution in [0.1, 0.15) is 30.4 Å². The Hall–Kier alpha value is -1.64. The fraction of sp³-hybridized carbons (Fsp3) is 0.588. The van der Waals surface area contributed by atoms with E-state index in [0.717, 1.165) is 30.4 Å². The zero-order valence-corrected chi connectivity index (χ0v) is 15.0. The summed E-state index contributed by atoms with van der Waals surface area (Å²) in [5, 5.41) is 19.1. The monoisotopic (exact) mass is 369 g/mol. The number of carbonyl (C=O) groups is 1. The quantitative estimate of drug-likeness (QED) is 0.821. The van der Waals surface area contributed by atoms with E-state index in [2.05, 4.69) is 0 Å². The Morgan fingerprint density at radius 2 is 1.92 bits per heavy atom. The van der Waals surface area contributed by atoms with Crippen molar-refractivity contribution in [3.8, 4) is 5.75 Å². The van der Waals surface area contributed by atoms with E-state index in [0.29, 0.717) is 12.2 Å². The Labute approximate surface area is 147 Å². The number of fused-ring (bicyclic) bond motifs is 1. The molecule has 0 radical (unpaired) electrons. The van der Waals surface area contributed by atoms with E-state index in [-0.39, 0.29) is 24.4 Å². The lowest BCUT2D eigenvalue weighted by atomic mass is 9.91. The number of piperidine rings is 1. The molecule has 1 aliphatic carbocycles. The molecular weight excluding hydrogens is 346 g/mol. The van der Waals surface area contributed by atoms with Crippen LogP contribution in [0.5, 0.6) is 5.75 Å². The molecule has 0 unspecified atom stereocenters. The van der Waals surface area contributed by atoms with Gasteiger partial charge in [0, 0.05) is 13.1 Å².